The molecule has 2 aromatic carbocycles. The number of phenolic OH excluding ortho intramolecular Hbond substituents is 1. The number of carbonyl (C=O) groups excluding carboxylic acids is 2. The number of anilines is 1. The number of fused-ring (bicyclic) bond motifs is 3. The topological polar surface area (TPSA) is 155 Å². The van der Waals surface area contributed by atoms with Crippen molar-refractivity contribution in [3.8, 4) is 11.8 Å². The van der Waals surface area contributed by atoms with E-state index in [-0.39, 0.29) is 58.6 Å². The van der Waals surface area contributed by atoms with Gasteiger partial charge in [0.2, 0.25) is 11.7 Å². The first-order valence-corrected chi connectivity index (χ1v) is 16.8. The molecule has 2 amide bonds. The number of rotatable bonds is 5. The number of nitrogens with one attached hydrogen (secondary N) is 1. The molecule has 4 aromatic rings. The zero-order chi connectivity index (χ0) is 36.1. The van der Waals surface area contributed by atoms with Crippen molar-refractivity contribution in [1.29, 1.82) is 5.26 Å². The SMILES string of the molecule is N#Cc1cccc(C(=O)N2CCC3(CCCc4c3c(=O)n3nc(C5=CCOCC5)nc3n4CC(=O)Nc3ccc(C(F)(F)F)cc3Cl)CC2)c1O. The molecule has 2 aliphatic heterocycles. The van der Waals surface area contributed by atoms with E-state index in [4.69, 9.17) is 21.3 Å². The predicted octanol–water partition coefficient (Wildman–Crippen LogP) is 5.09. The van der Waals surface area contributed by atoms with E-state index in [0.717, 1.165) is 23.8 Å². The Bertz CT molecular complexity index is 2210. The van der Waals surface area contributed by atoms with Gasteiger partial charge in [-0.3, -0.25) is 14.4 Å². The van der Waals surface area contributed by atoms with Crippen LogP contribution in [-0.4, -0.2) is 67.3 Å². The number of nitrogens with zero attached hydrogens (tertiary/aromatic N) is 6. The van der Waals surface area contributed by atoms with Crippen molar-refractivity contribution in [2.75, 3.05) is 31.6 Å². The summed E-state index contributed by atoms with van der Waals surface area (Å²) in [6.07, 6.45) is 0.371. The number of aromatic nitrogens is 4. The summed E-state index contributed by atoms with van der Waals surface area (Å²) in [6, 6.07) is 8.97. The van der Waals surface area contributed by atoms with Crippen LogP contribution in [0.3, 0.4) is 0 Å². The Balaban J connectivity index is 1.25. The Morgan fingerprint density at radius 3 is 2.61 bits per heavy atom. The molecule has 1 aliphatic carbocycles. The lowest BCUT2D eigenvalue weighted by Gasteiger charge is -2.45. The van der Waals surface area contributed by atoms with Gasteiger partial charge in [0.05, 0.1) is 40.6 Å². The Morgan fingerprint density at radius 2 is 1.92 bits per heavy atom. The number of alkyl halides is 3. The molecule has 7 rings (SSSR count). The number of benzene rings is 2. The number of carbonyl (C=O) groups is 2. The molecular weight excluding hydrogens is 691 g/mol. The van der Waals surface area contributed by atoms with Gasteiger partial charge in [-0.25, -0.2) is 0 Å². The third kappa shape index (κ3) is 6.23. The first-order valence-electron chi connectivity index (χ1n) is 16.4. The molecule has 16 heteroatoms. The van der Waals surface area contributed by atoms with E-state index in [2.05, 4.69) is 10.4 Å². The van der Waals surface area contributed by atoms with Gasteiger partial charge in [-0.15, -0.1) is 5.10 Å². The van der Waals surface area contributed by atoms with Crippen LogP contribution in [0.25, 0.3) is 11.4 Å². The Kier molecular flexibility index (Phi) is 8.84. The van der Waals surface area contributed by atoms with Gasteiger partial charge in [0.15, 0.2) is 5.82 Å². The Morgan fingerprint density at radius 1 is 1.14 bits per heavy atom. The van der Waals surface area contributed by atoms with Crippen molar-refractivity contribution in [3.63, 3.8) is 0 Å². The second-order valence-electron chi connectivity index (χ2n) is 12.9. The average molecular weight is 722 g/mol. The van der Waals surface area contributed by atoms with Crippen LogP contribution < -0.4 is 10.9 Å². The normalized spacial score (nSPS) is 17.2. The van der Waals surface area contributed by atoms with E-state index in [0.29, 0.717) is 68.8 Å². The maximum atomic E-state index is 14.4. The summed E-state index contributed by atoms with van der Waals surface area (Å²) in [5.41, 5.74) is -0.0887. The summed E-state index contributed by atoms with van der Waals surface area (Å²) in [5.74, 6) is -0.929. The molecule has 51 heavy (non-hydrogen) atoms. The van der Waals surface area contributed by atoms with Gasteiger partial charge in [-0.2, -0.15) is 27.9 Å². The third-order valence-corrected chi connectivity index (χ3v) is 10.3. The number of hydrogen-bond acceptors (Lipinski definition) is 8. The van der Waals surface area contributed by atoms with Gasteiger partial charge >= 0.3 is 6.18 Å². The molecule has 0 bridgehead atoms. The highest BCUT2D eigenvalue weighted by Crippen LogP contribution is 2.44. The first-order chi connectivity index (χ1) is 24.4. The minimum absolute atomic E-state index is 0.00466. The molecule has 1 saturated heterocycles. The van der Waals surface area contributed by atoms with E-state index in [1.165, 1.54) is 22.7 Å². The number of hydrogen-bond donors (Lipinski definition) is 2. The number of halogens is 4. The fourth-order valence-corrected chi connectivity index (χ4v) is 7.61. The van der Waals surface area contributed by atoms with Crippen LogP contribution in [0.1, 0.15) is 70.7 Å². The van der Waals surface area contributed by atoms with Crippen LogP contribution in [0.15, 0.2) is 47.3 Å². The summed E-state index contributed by atoms with van der Waals surface area (Å²) in [6.45, 7) is 1.02. The number of phenols is 1. The van der Waals surface area contributed by atoms with Crippen LogP contribution >= 0.6 is 11.6 Å². The monoisotopic (exact) mass is 721 g/mol. The molecule has 2 N–H and O–H groups in total. The van der Waals surface area contributed by atoms with Gasteiger partial charge in [0.1, 0.15) is 18.4 Å². The van der Waals surface area contributed by atoms with Gasteiger partial charge in [0, 0.05) is 29.8 Å². The second kappa shape index (κ2) is 13.2. The summed E-state index contributed by atoms with van der Waals surface area (Å²) in [7, 11) is 0. The smallest absolute Gasteiger partial charge is 0.416 e. The highest BCUT2D eigenvalue weighted by molar-refractivity contribution is 6.33. The van der Waals surface area contributed by atoms with Crippen LogP contribution in [0.4, 0.5) is 18.9 Å². The average Bonchev–Trinajstić information content (AvgIpc) is 3.57. The number of piperidine rings is 1. The molecule has 1 spiro atoms. The van der Waals surface area contributed by atoms with Crippen molar-refractivity contribution in [2.45, 2.75) is 56.7 Å². The molecule has 0 unspecified atom stereocenters. The number of likely N-dealkylation sites (tertiary alicyclic amines) is 1. The van der Waals surface area contributed by atoms with Crippen molar-refractivity contribution in [2.24, 2.45) is 0 Å². The lowest BCUT2D eigenvalue weighted by Crippen LogP contribution is -2.50. The minimum atomic E-state index is -4.61. The zero-order valence-electron chi connectivity index (χ0n) is 27.1. The molecule has 4 heterocycles. The number of amides is 2. The van der Waals surface area contributed by atoms with E-state index in [1.807, 2.05) is 12.1 Å². The van der Waals surface area contributed by atoms with E-state index in [9.17, 15) is 37.9 Å². The number of nitriles is 1. The number of para-hydroxylation sites is 1. The first kappa shape index (κ1) is 34.3. The molecule has 3 aliphatic rings. The van der Waals surface area contributed by atoms with Crippen molar-refractivity contribution in [3.05, 3.63) is 91.6 Å². The number of aromatic hydroxyl groups is 1. The third-order valence-electron chi connectivity index (χ3n) is 9.97. The van der Waals surface area contributed by atoms with Gasteiger partial charge < -0.3 is 24.6 Å². The summed E-state index contributed by atoms with van der Waals surface area (Å²) >= 11 is 6.14. The van der Waals surface area contributed by atoms with Gasteiger partial charge in [-0.1, -0.05) is 23.7 Å². The summed E-state index contributed by atoms with van der Waals surface area (Å²) in [5, 5.41) is 26.8. The van der Waals surface area contributed by atoms with Crippen LogP contribution in [0.5, 0.6) is 5.75 Å². The molecule has 0 radical (unpaired) electrons. The van der Waals surface area contributed by atoms with E-state index in [1.54, 1.807) is 9.47 Å². The number of ether oxygens (including phenoxy) is 1. The van der Waals surface area contributed by atoms with Crippen molar-refractivity contribution in [1.82, 2.24) is 24.1 Å². The largest absolute Gasteiger partial charge is 0.506 e. The van der Waals surface area contributed by atoms with Crippen LogP contribution in [-0.2, 0) is 34.1 Å². The molecular formula is C35H31ClF3N7O5. The maximum Gasteiger partial charge on any atom is 0.416 e. The molecule has 264 valence electrons. The van der Waals surface area contributed by atoms with Crippen molar-refractivity contribution < 1.29 is 32.6 Å². The molecule has 12 nitrogen and oxygen atoms in total. The molecule has 2 aromatic heterocycles. The van der Waals surface area contributed by atoms with Crippen LogP contribution in [0, 0.1) is 11.3 Å². The van der Waals surface area contributed by atoms with Crippen molar-refractivity contribution >= 4 is 40.5 Å². The molecule has 0 saturated carbocycles. The van der Waals surface area contributed by atoms with Crippen LogP contribution in [0.2, 0.25) is 5.02 Å². The summed E-state index contributed by atoms with van der Waals surface area (Å²) < 4.78 is 47.9. The van der Waals surface area contributed by atoms with Gasteiger partial charge in [0.25, 0.3) is 11.5 Å². The lowest BCUT2D eigenvalue weighted by molar-refractivity contribution is -0.137. The van der Waals surface area contributed by atoms with E-state index < -0.39 is 29.0 Å². The van der Waals surface area contributed by atoms with E-state index >= 15 is 0 Å². The highest BCUT2D eigenvalue weighted by atomic mass is 35.5. The molecule has 1 fully saturated rings. The predicted molar refractivity (Wildman–Crippen MR) is 178 cm³/mol. The zero-order valence-corrected chi connectivity index (χ0v) is 27.9. The Hall–Kier alpha value is -5.20. The quantitative estimate of drug-likeness (QED) is 0.289. The standard InChI is InChI=1S/C35H31ClF3N7O5/c36-24-17-22(35(37,38)39)6-7-25(24)41-27(47)19-45-26-5-2-10-34(11-13-44(14-12-34)31(49)23-4-1-3-21(18-40)29(23)48)28(26)32(50)46-33(45)42-30(43-46)20-8-15-51-16-9-20/h1,3-4,6-8,17,48H,2,5,9-16,19H2,(H,41,47). The molecule has 0 atom stereocenters. The highest BCUT2D eigenvalue weighted by Gasteiger charge is 2.44. The Labute approximate surface area is 293 Å². The fourth-order valence-electron chi connectivity index (χ4n) is 7.38. The maximum absolute atomic E-state index is 14.4. The minimum Gasteiger partial charge on any atom is -0.506 e. The fraction of sp³-hybridized carbons (Fsp3) is 0.371. The second-order valence-corrected chi connectivity index (χ2v) is 13.3. The van der Waals surface area contributed by atoms with Gasteiger partial charge in [-0.05, 0) is 74.4 Å². The summed E-state index contributed by atoms with van der Waals surface area (Å²) in [4.78, 5) is 47.8. The lowest BCUT2D eigenvalue weighted by atomic mass is 9.66.